The number of rotatable bonds is 6. The molecule has 5 nitrogen and oxygen atoms in total. The van der Waals surface area contributed by atoms with Crippen LogP contribution in [0.1, 0.15) is 5.56 Å². The summed E-state index contributed by atoms with van der Waals surface area (Å²) in [5.41, 5.74) is 7.29. The molecule has 0 aromatic heterocycles. The third-order valence-electron chi connectivity index (χ3n) is 2.75. The number of nitrogens with zero attached hydrogens (tertiary/aromatic N) is 1. The molecule has 0 unspecified atom stereocenters. The summed E-state index contributed by atoms with van der Waals surface area (Å²) in [5.74, 6) is -0.0545. The number of oxime groups is 1. The number of halogens is 1. The summed E-state index contributed by atoms with van der Waals surface area (Å²) in [4.78, 5) is 16.6. The number of nitrogens with two attached hydrogens (primary N) is 1. The van der Waals surface area contributed by atoms with Crippen molar-refractivity contribution in [2.45, 2.75) is 6.42 Å². The Hall–Kier alpha value is -2.53. The molecule has 0 spiro atoms. The van der Waals surface area contributed by atoms with Gasteiger partial charge in [-0.05, 0) is 17.7 Å². The van der Waals surface area contributed by atoms with Gasteiger partial charge in [-0.1, -0.05) is 59.2 Å². The van der Waals surface area contributed by atoms with E-state index in [9.17, 15) is 4.79 Å². The molecule has 0 atom stereocenters. The lowest BCUT2D eigenvalue weighted by atomic mass is 10.1. The minimum absolute atomic E-state index is 0.235. The van der Waals surface area contributed by atoms with Crippen LogP contribution in [0.2, 0.25) is 5.02 Å². The standard InChI is InChI=1S/C16H16ClN3O2/c17-13-8-4-5-9-14(13)19-16(21)11-22-20-15(18)10-12-6-2-1-3-7-12/h1-9H,10-11H2,(H2,18,20)(H,19,21). The maximum Gasteiger partial charge on any atom is 0.265 e. The molecule has 114 valence electrons. The lowest BCUT2D eigenvalue weighted by Gasteiger charge is -2.06. The predicted molar refractivity (Wildman–Crippen MR) is 87.8 cm³/mol. The Balaban J connectivity index is 1.79. The van der Waals surface area contributed by atoms with Gasteiger partial charge in [-0.15, -0.1) is 0 Å². The molecule has 0 aliphatic rings. The molecule has 0 saturated heterocycles. The van der Waals surface area contributed by atoms with Crippen molar-refractivity contribution in [1.29, 1.82) is 0 Å². The largest absolute Gasteiger partial charge is 0.384 e. The van der Waals surface area contributed by atoms with Crippen LogP contribution in [0, 0.1) is 0 Å². The smallest absolute Gasteiger partial charge is 0.265 e. The monoisotopic (exact) mass is 317 g/mol. The molecular weight excluding hydrogens is 302 g/mol. The molecule has 1 amide bonds. The van der Waals surface area contributed by atoms with Crippen LogP contribution >= 0.6 is 11.6 Å². The van der Waals surface area contributed by atoms with Crippen LogP contribution in [0.15, 0.2) is 59.8 Å². The molecule has 0 aliphatic carbocycles. The molecule has 0 aliphatic heterocycles. The molecule has 2 aromatic rings. The van der Waals surface area contributed by atoms with Gasteiger partial charge in [0.15, 0.2) is 6.61 Å². The molecule has 22 heavy (non-hydrogen) atoms. The quantitative estimate of drug-likeness (QED) is 0.488. The van der Waals surface area contributed by atoms with Crippen molar-refractivity contribution >= 4 is 29.0 Å². The number of amidine groups is 1. The number of anilines is 1. The van der Waals surface area contributed by atoms with E-state index in [1.54, 1.807) is 24.3 Å². The minimum atomic E-state index is -0.357. The van der Waals surface area contributed by atoms with E-state index in [0.29, 0.717) is 23.0 Å². The molecule has 2 rings (SSSR count). The highest BCUT2D eigenvalue weighted by Crippen LogP contribution is 2.20. The second-order valence-electron chi connectivity index (χ2n) is 4.55. The molecule has 0 bridgehead atoms. The molecule has 0 heterocycles. The molecule has 6 heteroatoms. The summed E-state index contributed by atoms with van der Waals surface area (Å²) < 4.78 is 0. The first-order valence-electron chi connectivity index (χ1n) is 6.68. The highest BCUT2D eigenvalue weighted by atomic mass is 35.5. The Bertz CT molecular complexity index is 659. The molecule has 0 radical (unpaired) electrons. The van der Waals surface area contributed by atoms with Gasteiger partial charge in [0.1, 0.15) is 5.84 Å². The van der Waals surface area contributed by atoms with Crippen LogP contribution in [0.25, 0.3) is 0 Å². The van der Waals surface area contributed by atoms with E-state index in [1.165, 1.54) is 0 Å². The van der Waals surface area contributed by atoms with Crippen molar-refractivity contribution in [2.24, 2.45) is 10.9 Å². The van der Waals surface area contributed by atoms with Crippen molar-refractivity contribution in [3.05, 3.63) is 65.2 Å². The molecule has 3 N–H and O–H groups in total. The zero-order valence-corrected chi connectivity index (χ0v) is 12.6. The fourth-order valence-electron chi connectivity index (χ4n) is 1.76. The number of hydrogen-bond acceptors (Lipinski definition) is 3. The Kier molecular flexibility index (Phi) is 5.80. The topological polar surface area (TPSA) is 76.7 Å². The fraction of sp³-hybridized carbons (Fsp3) is 0.125. The van der Waals surface area contributed by atoms with Gasteiger partial charge in [-0.3, -0.25) is 4.79 Å². The Morgan fingerprint density at radius 2 is 1.82 bits per heavy atom. The number of carbonyl (C=O) groups is 1. The lowest BCUT2D eigenvalue weighted by molar-refractivity contribution is -0.120. The first-order chi connectivity index (χ1) is 10.6. The number of hydrogen-bond donors (Lipinski definition) is 2. The molecule has 2 aromatic carbocycles. The van der Waals surface area contributed by atoms with Crippen LogP contribution in [0.5, 0.6) is 0 Å². The number of amides is 1. The van der Waals surface area contributed by atoms with Gasteiger partial charge >= 0.3 is 0 Å². The van der Waals surface area contributed by atoms with Crippen LogP contribution < -0.4 is 11.1 Å². The third kappa shape index (κ3) is 5.10. The fourth-order valence-corrected chi connectivity index (χ4v) is 1.94. The van der Waals surface area contributed by atoms with E-state index >= 15 is 0 Å². The summed E-state index contributed by atoms with van der Waals surface area (Å²) in [5, 5.41) is 6.81. The van der Waals surface area contributed by atoms with Crippen LogP contribution in [-0.4, -0.2) is 18.3 Å². The van der Waals surface area contributed by atoms with Crippen LogP contribution in [-0.2, 0) is 16.1 Å². The normalized spacial score (nSPS) is 11.0. The second kappa shape index (κ2) is 8.05. The van der Waals surface area contributed by atoms with E-state index in [-0.39, 0.29) is 12.5 Å². The van der Waals surface area contributed by atoms with Gasteiger partial charge < -0.3 is 15.9 Å². The van der Waals surface area contributed by atoms with E-state index in [1.807, 2.05) is 30.3 Å². The average Bonchev–Trinajstić information content (AvgIpc) is 2.50. The SMILES string of the molecule is N/C(Cc1ccccc1)=N\OCC(=O)Nc1ccccc1Cl. The first kappa shape index (κ1) is 15.9. The second-order valence-corrected chi connectivity index (χ2v) is 4.95. The van der Waals surface area contributed by atoms with Crippen molar-refractivity contribution in [3.8, 4) is 0 Å². The number of nitrogens with one attached hydrogen (secondary N) is 1. The number of carbonyl (C=O) groups excluding carboxylic acids is 1. The van der Waals surface area contributed by atoms with Gasteiger partial charge in [0.05, 0.1) is 10.7 Å². The number of benzene rings is 2. The van der Waals surface area contributed by atoms with E-state index in [4.69, 9.17) is 22.2 Å². The van der Waals surface area contributed by atoms with Crippen molar-refractivity contribution in [2.75, 3.05) is 11.9 Å². The maximum absolute atomic E-state index is 11.7. The van der Waals surface area contributed by atoms with Gasteiger partial charge in [-0.2, -0.15) is 0 Å². The highest BCUT2D eigenvalue weighted by Gasteiger charge is 2.05. The van der Waals surface area contributed by atoms with Crippen molar-refractivity contribution in [1.82, 2.24) is 0 Å². The minimum Gasteiger partial charge on any atom is -0.384 e. The molecule has 0 saturated carbocycles. The average molecular weight is 318 g/mol. The number of para-hydroxylation sites is 1. The summed E-state index contributed by atoms with van der Waals surface area (Å²) in [6.07, 6.45) is 0.465. The van der Waals surface area contributed by atoms with Gasteiger partial charge in [0.2, 0.25) is 0 Å². The predicted octanol–water partition coefficient (Wildman–Crippen LogP) is 2.81. The highest BCUT2D eigenvalue weighted by molar-refractivity contribution is 6.33. The Morgan fingerprint density at radius 1 is 1.14 bits per heavy atom. The van der Waals surface area contributed by atoms with Crippen molar-refractivity contribution < 1.29 is 9.63 Å². The zero-order valence-electron chi connectivity index (χ0n) is 11.8. The van der Waals surface area contributed by atoms with E-state index in [0.717, 1.165) is 5.56 Å². The Labute approximate surface area is 133 Å². The zero-order chi connectivity index (χ0) is 15.8. The first-order valence-corrected chi connectivity index (χ1v) is 7.05. The molecular formula is C16H16ClN3O2. The van der Waals surface area contributed by atoms with Gasteiger partial charge in [0.25, 0.3) is 5.91 Å². The van der Waals surface area contributed by atoms with Gasteiger partial charge in [-0.25, -0.2) is 0 Å². The van der Waals surface area contributed by atoms with Crippen LogP contribution in [0.3, 0.4) is 0 Å². The summed E-state index contributed by atoms with van der Waals surface area (Å²) in [6, 6.07) is 16.6. The summed E-state index contributed by atoms with van der Waals surface area (Å²) in [7, 11) is 0. The van der Waals surface area contributed by atoms with E-state index in [2.05, 4.69) is 10.5 Å². The van der Waals surface area contributed by atoms with Crippen molar-refractivity contribution in [3.63, 3.8) is 0 Å². The molecule has 0 fully saturated rings. The maximum atomic E-state index is 11.7. The van der Waals surface area contributed by atoms with Crippen LogP contribution in [0.4, 0.5) is 5.69 Å². The lowest BCUT2D eigenvalue weighted by Crippen LogP contribution is -2.20. The van der Waals surface area contributed by atoms with Gasteiger partial charge in [0, 0.05) is 6.42 Å². The van der Waals surface area contributed by atoms with E-state index < -0.39 is 0 Å². The third-order valence-corrected chi connectivity index (χ3v) is 3.08. The summed E-state index contributed by atoms with van der Waals surface area (Å²) in [6.45, 7) is -0.235. The Morgan fingerprint density at radius 3 is 2.55 bits per heavy atom. The summed E-state index contributed by atoms with van der Waals surface area (Å²) >= 11 is 5.94.